The molecule has 1 N–H and O–H groups in total. The number of rotatable bonds is 3. The minimum absolute atomic E-state index is 0.0919. The lowest BCUT2D eigenvalue weighted by molar-refractivity contribution is 0.0957. The summed E-state index contributed by atoms with van der Waals surface area (Å²) in [4.78, 5) is 29.9. The molecule has 2 aromatic rings. The molecular formula is C13H17N3O2S. The number of nitrogens with zero attached hydrogens (tertiary/aromatic N) is 2. The first-order valence-electron chi connectivity index (χ1n) is 6.22. The normalized spacial score (nSPS) is 10.9. The fourth-order valence-electron chi connectivity index (χ4n) is 1.90. The summed E-state index contributed by atoms with van der Waals surface area (Å²) in [7, 11) is 1.69. The highest BCUT2D eigenvalue weighted by Gasteiger charge is 2.19. The Bertz CT molecular complexity index is 700. The van der Waals surface area contributed by atoms with Gasteiger partial charge in [0.25, 0.3) is 11.5 Å². The Morgan fingerprint density at radius 2 is 2.11 bits per heavy atom. The van der Waals surface area contributed by atoms with Crippen LogP contribution in [0.1, 0.15) is 34.4 Å². The number of thiophene rings is 1. The van der Waals surface area contributed by atoms with E-state index in [4.69, 9.17) is 0 Å². The third-order valence-electron chi connectivity index (χ3n) is 3.14. The maximum atomic E-state index is 12.2. The highest BCUT2D eigenvalue weighted by atomic mass is 32.1. The van der Waals surface area contributed by atoms with E-state index in [1.165, 1.54) is 15.9 Å². The number of amides is 1. The lowest BCUT2D eigenvalue weighted by atomic mass is 10.2. The van der Waals surface area contributed by atoms with Crippen LogP contribution in [0.2, 0.25) is 0 Å². The van der Waals surface area contributed by atoms with E-state index in [-0.39, 0.29) is 11.5 Å². The van der Waals surface area contributed by atoms with Gasteiger partial charge < -0.3 is 5.32 Å². The largest absolute Gasteiger partial charge is 0.351 e. The monoisotopic (exact) mass is 279 g/mol. The van der Waals surface area contributed by atoms with Crippen molar-refractivity contribution in [3.8, 4) is 0 Å². The van der Waals surface area contributed by atoms with Gasteiger partial charge in [-0.15, -0.1) is 11.3 Å². The van der Waals surface area contributed by atoms with Crippen molar-refractivity contribution in [3.05, 3.63) is 26.6 Å². The van der Waals surface area contributed by atoms with Crippen molar-refractivity contribution in [2.24, 2.45) is 7.05 Å². The van der Waals surface area contributed by atoms with E-state index in [0.717, 1.165) is 12.0 Å². The van der Waals surface area contributed by atoms with Gasteiger partial charge >= 0.3 is 0 Å². The van der Waals surface area contributed by atoms with Crippen LogP contribution >= 0.6 is 11.3 Å². The molecule has 0 saturated heterocycles. The van der Waals surface area contributed by atoms with E-state index >= 15 is 0 Å². The van der Waals surface area contributed by atoms with Crippen molar-refractivity contribution in [2.45, 2.75) is 27.2 Å². The van der Waals surface area contributed by atoms with Crippen molar-refractivity contribution in [3.63, 3.8) is 0 Å². The Kier molecular flexibility index (Phi) is 3.71. The van der Waals surface area contributed by atoms with Gasteiger partial charge in [0.15, 0.2) is 0 Å². The van der Waals surface area contributed by atoms with E-state index < -0.39 is 0 Å². The van der Waals surface area contributed by atoms with Crippen molar-refractivity contribution < 1.29 is 4.79 Å². The first-order valence-corrected chi connectivity index (χ1v) is 7.04. The molecule has 102 valence electrons. The fraction of sp³-hybridized carbons (Fsp3) is 0.462. The topological polar surface area (TPSA) is 64.0 Å². The zero-order valence-corrected chi connectivity index (χ0v) is 12.3. The highest BCUT2D eigenvalue weighted by Crippen LogP contribution is 2.27. The summed E-state index contributed by atoms with van der Waals surface area (Å²) in [6.07, 6.45) is 0.884. The van der Waals surface area contributed by atoms with Crippen LogP contribution in [0, 0.1) is 13.8 Å². The van der Waals surface area contributed by atoms with Crippen molar-refractivity contribution >= 4 is 27.5 Å². The summed E-state index contributed by atoms with van der Waals surface area (Å²) in [6, 6.07) is 0. The van der Waals surface area contributed by atoms with Gasteiger partial charge in [-0.1, -0.05) is 6.92 Å². The Morgan fingerprint density at radius 1 is 1.42 bits per heavy atom. The van der Waals surface area contributed by atoms with Crippen LogP contribution in [0.4, 0.5) is 0 Å². The molecular weight excluding hydrogens is 262 g/mol. The molecule has 0 fully saturated rings. The van der Waals surface area contributed by atoms with Gasteiger partial charge in [-0.05, 0) is 25.8 Å². The molecule has 0 aliphatic rings. The van der Waals surface area contributed by atoms with E-state index in [9.17, 15) is 9.59 Å². The van der Waals surface area contributed by atoms with Gasteiger partial charge in [-0.2, -0.15) is 0 Å². The molecule has 1 amide bonds. The minimum Gasteiger partial charge on any atom is -0.351 e. The molecule has 0 unspecified atom stereocenters. The molecule has 0 radical (unpaired) electrons. The molecule has 0 aliphatic heterocycles. The molecule has 0 bridgehead atoms. The molecule has 2 heterocycles. The predicted octanol–water partition coefficient (Wildman–Crippen LogP) is 1.75. The Labute approximate surface area is 115 Å². The number of aryl methyl sites for hydroxylation is 2. The average molecular weight is 279 g/mol. The summed E-state index contributed by atoms with van der Waals surface area (Å²) in [6.45, 7) is 6.22. The zero-order chi connectivity index (χ0) is 14.2. The third kappa shape index (κ3) is 2.28. The molecule has 0 saturated carbocycles. The van der Waals surface area contributed by atoms with Gasteiger partial charge in [0.1, 0.15) is 10.7 Å². The van der Waals surface area contributed by atoms with Crippen LogP contribution < -0.4 is 10.9 Å². The number of carbonyl (C=O) groups is 1. The van der Waals surface area contributed by atoms with Crippen LogP contribution in [0.3, 0.4) is 0 Å². The van der Waals surface area contributed by atoms with Crippen molar-refractivity contribution in [2.75, 3.05) is 6.54 Å². The summed E-state index contributed by atoms with van der Waals surface area (Å²) in [5.41, 5.74) is 0.632. The van der Waals surface area contributed by atoms with Crippen LogP contribution in [0.15, 0.2) is 4.79 Å². The first kappa shape index (κ1) is 13.7. The number of carbonyl (C=O) groups excluding carboxylic acids is 1. The predicted molar refractivity (Wildman–Crippen MR) is 77.0 cm³/mol. The summed E-state index contributed by atoms with van der Waals surface area (Å²) in [5, 5.41) is 3.39. The number of aromatic nitrogens is 2. The zero-order valence-electron chi connectivity index (χ0n) is 11.5. The second-order valence-corrected chi connectivity index (χ2v) is 5.51. The highest BCUT2D eigenvalue weighted by molar-refractivity contribution is 7.20. The number of hydrogen-bond donors (Lipinski definition) is 1. The Morgan fingerprint density at radius 3 is 2.74 bits per heavy atom. The smallest absolute Gasteiger partial charge is 0.262 e. The standard InChI is InChI=1S/C13H17N3O2S/c1-5-6-14-11(17)10-7(2)9-12(19-10)15-8(3)16(4)13(9)18/h5-6H2,1-4H3,(H,14,17). The van der Waals surface area contributed by atoms with Crippen LogP contribution in [-0.2, 0) is 7.05 Å². The van der Waals surface area contributed by atoms with E-state index in [2.05, 4.69) is 10.3 Å². The van der Waals surface area contributed by atoms with E-state index in [0.29, 0.717) is 27.5 Å². The number of nitrogens with one attached hydrogen (secondary N) is 1. The maximum absolute atomic E-state index is 12.2. The van der Waals surface area contributed by atoms with Gasteiger partial charge in [-0.3, -0.25) is 14.2 Å². The van der Waals surface area contributed by atoms with Crippen LogP contribution in [0.25, 0.3) is 10.2 Å². The summed E-state index contributed by atoms with van der Waals surface area (Å²) in [5.74, 6) is 0.529. The lowest BCUT2D eigenvalue weighted by Crippen LogP contribution is -2.24. The minimum atomic E-state index is -0.123. The van der Waals surface area contributed by atoms with Gasteiger partial charge in [-0.25, -0.2) is 4.98 Å². The van der Waals surface area contributed by atoms with Crippen molar-refractivity contribution in [1.29, 1.82) is 0 Å². The second-order valence-electron chi connectivity index (χ2n) is 4.52. The summed E-state index contributed by atoms with van der Waals surface area (Å²) < 4.78 is 1.51. The van der Waals surface area contributed by atoms with Crippen LogP contribution in [-0.4, -0.2) is 22.0 Å². The molecule has 6 heteroatoms. The fourth-order valence-corrected chi connectivity index (χ4v) is 3.03. The molecule has 0 aliphatic carbocycles. The quantitative estimate of drug-likeness (QED) is 0.931. The Balaban J connectivity index is 2.61. The first-order chi connectivity index (χ1) is 8.97. The third-order valence-corrected chi connectivity index (χ3v) is 4.32. The Hall–Kier alpha value is -1.69. The van der Waals surface area contributed by atoms with E-state index in [1.807, 2.05) is 6.92 Å². The SMILES string of the molecule is CCCNC(=O)c1sc2nc(C)n(C)c(=O)c2c1C. The molecule has 5 nitrogen and oxygen atoms in total. The lowest BCUT2D eigenvalue weighted by Gasteiger charge is -2.02. The summed E-state index contributed by atoms with van der Waals surface area (Å²) >= 11 is 1.28. The number of hydrogen-bond acceptors (Lipinski definition) is 4. The van der Waals surface area contributed by atoms with Crippen LogP contribution in [0.5, 0.6) is 0 Å². The molecule has 19 heavy (non-hydrogen) atoms. The number of fused-ring (bicyclic) bond motifs is 1. The second kappa shape index (κ2) is 5.13. The molecule has 0 atom stereocenters. The molecule has 2 aromatic heterocycles. The molecule has 2 rings (SSSR count). The van der Waals surface area contributed by atoms with E-state index in [1.54, 1.807) is 20.9 Å². The molecule has 0 aromatic carbocycles. The van der Waals surface area contributed by atoms with Crippen molar-refractivity contribution in [1.82, 2.24) is 14.9 Å². The van der Waals surface area contributed by atoms with Gasteiger partial charge in [0.05, 0.1) is 10.3 Å². The maximum Gasteiger partial charge on any atom is 0.262 e. The van der Waals surface area contributed by atoms with Gasteiger partial charge in [0.2, 0.25) is 0 Å². The van der Waals surface area contributed by atoms with Gasteiger partial charge in [0, 0.05) is 13.6 Å². The molecule has 0 spiro atoms. The average Bonchev–Trinajstić information content (AvgIpc) is 2.70.